The van der Waals surface area contributed by atoms with Gasteiger partial charge in [-0.3, -0.25) is 0 Å². The number of amides is 2. The summed E-state index contributed by atoms with van der Waals surface area (Å²) >= 11 is 0. The zero-order chi connectivity index (χ0) is 15.8. The SMILES string of the molecule is Cc1cc([C@H](C)NC(=O)N2CC[C@H](S(C)(=O)=O)C2)c(C)o1. The molecule has 2 rings (SSSR count). The molecule has 21 heavy (non-hydrogen) atoms. The van der Waals surface area contributed by atoms with Crippen molar-refractivity contribution < 1.29 is 17.6 Å². The number of hydrogen-bond donors (Lipinski definition) is 1. The lowest BCUT2D eigenvalue weighted by Crippen LogP contribution is -2.40. The normalized spacial score (nSPS) is 20.6. The molecule has 0 aliphatic carbocycles. The van der Waals surface area contributed by atoms with Crippen molar-refractivity contribution in [3.8, 4) is 0 Å². The molecule has 1 aromatic heterocycles. The zero-order valence-corrected chi connectivity index (χ0v) is 13.7. The molecule has 0 radical (unpaired) electrons. The number of nitrogens with zero attached hydrogens (tertiary/aromatic N) is 1. The molecular formula is C14H22N2O4S. The van der Waals surface area contributed by atoms with Crippen molar-refractivity contribution in [3.05, 3.63) is 23.2 Å². The number of nitrogens with one attached hydrogen (secondary N) is 1. The van der Waals surface area contributed by atoms with Gasteiger partial charge in [0.15, 0.2) is 9.84 Å². The van der Waals surface area contributed by atoms with Crippen molar-refractivity contribution in [2.45, 2.75) is 38.5 Å². The van der Waals surface area contributed by atoms with Crippen molar-refractivity contribution in [2.75, 3.05) is 19.3 Å². The topological polar surface area (TPSA) is 79.6 Å². The summed E-state index contributed by atoms with van der Waals surface area (Å²) in [5.41, 5.74) is 0.944. The van der Waals surface area contributed by atoms with Crippen LogP contribution in [0.5, 0.6) is 0 Å². The lowest BCUT2D eigenvalue weighted by atomic mass is 10.1. The van der Waals surface area contributed by atoms with Crippen LogP contribution in [0.2, 0.25) is 0 Å². The molecule has 1 N–H and O–H groups in total. The van der Waals surface area contributed by atoms with Gasteiger partial charge in [-0.15, -0.1) is 0 Å². The van der Waals surface area contributed by atoms with Gasteiger partial charge in [0.2, 0.25) is 0 Å². The lowest BCUT2D eigenvalue weighted by Gasteiger charge is -2.20. The number of urea groups is 1. The van der Waals surface area contributed by atoms with Crippen LogP contribution in [0.4, 0.5) is 4.79 Å². The molecule has 118 valence electrons. The van der Waals surface area contributed by atoms with Crippen molar-refractivity contribution in [3.63, 3.8) is 0 Å². The Kier molecular flexibility index (Phi) is 4.32. The second-order valence-electron chi connectivity index (χ2n) is 5.73. The van der Waals surface area contributed by atoms with Crippen LogP contribution in [0.25, 0.3) is 0 Å². The molecule has 0 aromatic carbocycles. The van der Waals surface area contributed by atoms with Gasteiger partial charge >= 0.3 is 6.03 Å². The maximum atomic E-state index is 12.2. The van der Waals surface area contributed by atoms with E-state index >= 15 is 0 Å². The average Bonchev–Trinajstić information content (AvgIpc) is 2.95. The Hall–Kier alpha value is -1.50. The van der Waals surface area contributed by atoms with E-state index in [1.54, 1.807) is 4.90 Å². The number of aryl methyl sites for hydroxylation is 2. The van der Waals surface area contributed by atoms with E-state index in [0.29, 0.717) is 13.0 Å². The van der Waals surface area contributed by atoms with E-state index in [0.717, 1.165) is 17.1 Å². The van der Waals surface area contributed by atoms with E-state index in [2.05, 4.69) is 5.32 Å². The van der Waals surface area contributed by atoms with Crippen LogP contribution in [0.1, 0.15) is 36.5 Å². The van der Waals surface area contributed by atoms with Gasteiger partial charge in [0.1, 0.15) is 11.5 Å². The monoisotopic (exact) mass is 314 g/mol. The summed E-state index contributed by atoms with van der Waals surface area (Å²) < 4.78 is 28.5. The minimum absolute atomic E-state index is 0.174. The van der Waals surface area contributed by atoms with Crippen molar-refractivity contribution >= 4 is 15.9 Å². The number of carbonyl (C=O) groups excluding carboxylic acids is 1. The number of carbonyl (C=O) groups is 1. The summed E-state index contributed by atoms with van der Waals surface area (Å²) in [7, 11) is -3.09. The molecule has 1 fully saturated rings. The fraction of sp³-hybridized carbons (Fsp3) is 0.643. The third kappa shape index (κ3) is 3.58. The third-order valence-electron chi connectivity index (χ3n) is 3.92. The molecule has 0 saturated carbocycles. The van der Waals surface area contributed by atoms with E-state index in [4.69, 9.17) is 4.42 Å². The maximum Gasteiger partial charge on any atom is 0.317 e. The highest BCUT2D eigenvalue weighted by molar-refractivity contribution is 7.91. The Balaban J connectivity index is 1.98. The van der Waals surface area contributed by atoms with Gasteiger partial charge in [-0.2, -0.15) is 0 Å². The molecule has 6 nitrogen and oxygen atoms in total. The first-order valence-electron chi connectivity index (χ1n) is 6.99. The van der Waals surface area contributed by atoms with Crippen LogP contribution in [-0.4, -0.2) is 43.9 Å². The van der Waals surface area contributed by atoms with Crippen LogP contribution in [0.3, 0.4) is 0 Å². The van der Waals surface area contributed by atoms with Crippen LogP contribution in [0, 0.1) is 13.8 Å². The molecule has 2 atom stereocenters. The van der Waals surface area contributed by atoms with Crippen LogP contribution < -0.4 is 5.32 Å². The van der Waals surface area contributed by atoms with Gasteiger partial charge in [-0.05, 0) is 33.3 Å². The fourth-order valence-electron chi connectivity index (χ4n) is 2.70. The molecule has 0 spiro atoms. The van der Waals surface area contributed by atoms with Gasteiger partial charge in [0.05, 0.1) is 11.3 Å². The molecule has 1 saturated heterocycles. The molecule has 0 bridgehead atoms. The highest BCUT2D eigenvalue weighted by Crippen LogP contribution is 2.22. The van der Waals surface area contributed by atoms with Gasteiger partial charge in [0.25, 0.3) is 0 Å². The van der Waals surface area contributed by atoms with E-state index < -0.39 is 15.1 Å². The minimum atomic E-state index is -3.09. The quantitative estimate of drug-likeness (QED) is 0.922. The molecule has 1 aromatic rings. The fourth-order valence-corrected chi connectivity index (χ4v) is 3.68. The summed E-state index contributed by atoms with van der Waals surface area (Å²) in [6.45, 7) is 6.35. The van der Waals surface area contributed by atoms with Crippen LogP contribution >= 0.6 is 0 Å². The molecular weight excluding hydrogens is 292 g/mol. The molecule has 1 aliphatic rings. The average molecular weight is 314 g/mol. The summed E-state index contributed by atoms with van der Waals surface area (Å²) in [4.78, 5) is 13.8. The lowest BCUT2D eigenvalue weighted by molar-refractivity contribution is 0.205. The second-order valence-corrected chi connectivity index (χ2v) is 8.05. The molecule has 0 unspecified atom stereocenters. The van der Waals surface area contributed by atoms with Crippen molar-refractivity contribution in [1.29, 1.82) is 0 Å². The van der Waals surface area contributed by atoms with Crippen molar-refractivity contribution in [2.24, 2.45) is 0 Å². The van der Waals surface area contributed by atoms with Gasteiger partial charge in [-0.1, -0.05) is 0 Å². The Morgan fingerprint density at radius 1 is 1.48 bits per heavy atom. The van der Waals surface area contributed by atoms with Gasteiger partial charge in [0, 0.05) is 24.9 Å². The van der Waals surface area contributed by atoms with Gasteiger partial charge in [-0.25, -0.2) is 13.2 Å². The van der Waals surface area contributed by atoms with E-state index in [9.17, 15) is 13.2 Å². The number of likely N-dealkylation sites (tertiary alicyclic amines) is 1. The smallest absolute Gasteiger partial charge is 0.317 e. The summed E-state index contributed by atoms with van der Waals surface area (Å²) in [6.07, 6.45) is 1.73. The Morgan fingerprint density at radius 3 is 2.62 bits per heavy atom. The van der Waals surface area contributed by atoms with E-state index in [-0.39, 0.29) is 18.6 Å². The first kappa shape index (κ1) is 15.9. The number of sulfone groups is 1. The number of furan rings is 1. The predicted molar refractivity (Wildman–Crippen MR) is 80.0 cm³/mol. The van der Waals surface area contributed by atoms with Crippen LogP contribution in [-0.2, 0) is 9.84 Å². The first-order valence-corrected chi connectivity index (χ1v) is 8.95. The highest BCUT2D eigenvalue weighted by atomic mass is 32.2. The Bertz CT molecular complexity index is 635. The Labute approximate surface area is 125 Å². The number of rotatable bonds is 3. The Morgan fingerprint density at radius 2 is 2.14 bits per heavy atom. The standard InChI is InChI=1S/C14H22N2O4S/c1-9-7-13(11(3)20-9)10(2)15-14(17)16-6-5-12(8-16)21(4,18)19/h7,10,12H,5-6,8H2,1-4H3,(H,15,17)/t10-,12-/m0/s1. The molecule has 2 amide bonds. The summed E-state index contributed by atoms with van der Waals surface area (Å²) in [5, 5.41) is 2.45. The first-order chi connectivity index (χ1) is 9.68. The highest BCUT2D eigenvalue weighted by Gasteiger charge is 2.33. The second kappa shape index (κ2) is 5.71. The zero-order valence-electron chi connectivity index (χ0n) is 12.8. The summed E-state index contributed by atoms with van der Waals surface area (Å²) in [6, 6.07) is 1.50. The predicted octanol–water partition coefficient (Wildman–Crippen LogP) is 1.79. The maximum absolute atomic E-state index is 12.2. The summed E-state index contributed by atoms with van der Waals surface area (Å²) in [5.74, 6) is 1.60. The van der Waals surface area contributed by atoms with E-state index in [1.165, 1.54) is 6.26 Å². The largest absolute Gasteiger partial charge is 0.466 e. The minimum Gasteiger partial charge on any atom is -0.466 e. The molecule has 2 heterocycles. The third-order valence-corrected chi connectivity index (χ3v) is 5.52. The van der Waals surface area contributed by atoms with Gasteiger partial charge < -0.3 is 14.6 Å². The number of hydrogen-bond acceptors (Lipinski definition) is 4. The van der Waals surface area contributed by atoms with E-state index in [1.807, 2.05) is 26.8 Å². The molecule has 1 aliphatic heterocycles. The molecule has 7 heteroatoms. The van der Waals surface area contributed by atoms with Crippen LogP contribution in [0.15, 0.2) is 10.5 Å². The van der Waals surface area contributed by atoms with Crippen molar-refractivity contribution in [1.82, 2.24) is 10.2 Å².